The van der Waals surface area contributed by atoms with Gasteiger partial charge in [0.15, 0.2) is 0 Å². The number of alkyl halides is 1. The molecule has 16 heavy (non-hydrogen) atoms. The van der Waals surface area contributed by atoms with Crippen molar-refractivity contribution in [3.05, 3.63) is 46.4 Å². The predicted octanol–water partition coefficient (Wildman–Crippen LogP) is 3.13. The number of halogens is 1. The third kappa shape index (κ3) is 2.40. The number of amides is 1. The van der Waals surface area contributed by atoms with Gasteiger partial charge in [0.05, 0.1) is 11.7 Å². The number of nitrogens with zero attached hydrogens (tertiary/aromatic N) is 1. The molecule has 0 unspecified atom stereocenters. The second kappa shape index (κ2) is 5.09. The van der Waals surface area contributed by atoms with E-state index in [0.29, 0.717) is 10.8 Å². The number of anilines is 1. The molecule has 0 aliphatic rings. The Bertz CT molecular complexity index is 484. The van der Waals surface area contributed by atoms with Gasteiger partial charge in [-0.2, -0.15) is 0 Å². The van der Waals surface area contributed by atoms with E-state index in [2.05, 4.69) is 10.3 Å². The van der Waals surface area contributed by atoms with Gasteiger partial charge in [0.25, 0.3) is 5.91 Å². The first-order chi connectivity index (χ1) is 7.81. The Kier molecular flexibility index (Phi) is 3.54. The first-order valence-electron chi connectivity index (χ1n) is 4.65. The van der Waals surface area contributed by atoms with Crippen LogP contribution in [-0.2, 0) is 5.88 Å². The topological polar surface area (TPSA) is 42.0 Å². The monoisotopic (exact) mass is 252 g/mol. The zero-order valence-corrected chi connectivity index (χ0v) is 9.89. The second-order valence-corrected chi connectivity index (χ2v) is 4.26. The number of aromatic nitrogens is 1. The van der Waals surface area contributed by atoms with Crippen molar-refractivity contribution < 1.29 is 4.79 Å². The average Bonchev–Trinajstić information content (AvgIpc) is 2.83. The average molecular weight is 253 g/mol. The number of hydrogen-bond donors (Lipinski definition) is 1. The molecule has 0 saturated carbocycles. The zero-order valence-electron chi connectivity index (χ0n) is 8.31. The molecule has 5 heteroatoms. The fourth-order valence-electron chi connectivity index (χ4n) is 1.27. The second-order valence-electron chi connectivity index (χ2n) is 3.11. The number of hydrogen-bond acceptors (Lipinski definition) is 3. The normalized spacial score (nSPS) is 10.1. The first kappa shape index (κ1) is 11.1. The number of benzene rings is 1. The molecule has 1 N–H and O–H groups in total. The number of thiazole rings is 1. The number of nitrogens with one attached hydrogen (secondary N) is 1. The molecule has 2 rings (SSSR count). The fourth-order valence-corrected chi connectivity index (χ4v) is 2.02. The summed E-state index contributed by atoms with van der Waals surface area (Å²) in [5.74, 6) is 0.221. The van der Waals surface area contributed by atoms with Crippen LogP contribution in [0.2, 0.25) is 0 Å². The molecule has 0 aliphatic heterocycles. The van der Waals surface area contributed by atoms with Gasteiger partial charge < -0.3 is 5.32 Å². The molecule has 0 radical (unpaired) electrons. The van der Waals surface area contributed by atoms with Crippen LogP contribution in [0.5, 0.6) is 0 Å². The van der Waals surface area contributed by atoms with Gasteiger partial charge in [-0.05, 0) is 11.6 Å². The molecule has 0 aliphatic carbocycles. The highest BCUT2D eigenvalue weighted by Crippen LogP contribution is 2.18. The van der Waals surface area contributed by atoms with Gasteiger partial charge in [-0.1, -0.05) is 18.2 Å². The smallest absolute Gasteiger partial charge is 0.267 e. The van der Waals surface area contributed by atoms with Crippen LogP contribution in [0.3, 0.4) is 0 Å². The summed E-state index contributed by atoms with van der Waals surface area (Å²) in [6.07, 6.45) is 1.54. The van der Waals surface area contributed by atoms with Gasteiger partial charge in [-0.3, -0.25) is 9.78 Å². The molecule has 2 aromatic rings. The van der Waals surface area contributed by atoms with Gasteiger partial charge in [0, 0.05) is 11.6 Å². The summed E-state index contributed by atoms with van der Waals surface area (Å²) in [6.45, 7) is 0. The van der Waals surface area contributed by atoms with Crippen molar-refractivity contribution in [1.29, 1.82) is 0 Å². The predicted molar refractivity (Wildman–Crippen MR) is 66.1 cm³/mol. The number of rotatable bonds is 3. The minimum Gasteiger partial charge on any atom is -0.321 e. The summed E-state index contributed by atoms with van der Waals surface area (Å²) < 4.78 is 0. The van der Waals surface area contributed by atoms with Gasteiger partial charge >= 0.3 is 0 Å². The molecule has 0 fully saturated rings. The maximum atomic E-state index is 11.8. The molecule has 3 nitrogen and oxygen atoms in total. The third-order valence-electron chi connectivity index (χ3n) is 2.07. The minimum absolute atomic E-state index is 0.153. The lowest BCUT2D eigenvalue weighted by molar-refractivity contribution is 0.103. The largest absolute Gasteiger partial charge is 0.321 e. The lowest BCUT2D eigenvalue weighted by atomic mass is 10.2. The van der Waals surface area contributed by atoms with Crippen LogP contribution in [0, 0.1) is 0 Å². The Balaban J connectivity index is 2.18. The van der Waals surface area contributed by atoms with E-state index in [1.807, 2.05) is 24.3 Å². The zero-order chi connectivity index (χ0) is 11.4. The van der Waals surface area contributed by atoms with Crippen LogP contribution < -0.4 is 5.32 Å². The molecule has 1 aromatic heterocycles. The van der Waals surface area contributed by atoms with Crippen molar-refractivity contribution in [3.8, 4) is 0 Å². The van der Waals surface area contributed by atoms with E-state index in [1.165, 1.54) is 11.3 Å². The van der Waals surface area contributed by atoms with Gasteiger partial charge in [0.1, 0.15) is 4.88 Å². The first-order valence-corrected chi connectivity index (χ1v) is 6.06. The van der Waals surface area contributed by atoms with E-state index in [9.17, 15) is 4.79 Å². The summed E-state index contributed by atoms with van der Waals surface area (Å²) >= 11 is 7.09. The quantitative estimate of drug-likeness (QED) is 0.853. The maximum Gasteiger partial charge on any atom is 0.267 e. The van der Waals surface area contributed by atoms with Gasteiger partial charge in [0.2, 0.25) is 0 Å². The Labute approximate surface area is 102 Å². The molecule has 0 saturated heterocycles. The van der Waals surface area contributed by atoms with E-state index in [-0.39, 0.29) is 5.91 Å². The maximum absolute atomic E-state index is 11.8. The van der Waals surface area contributed by atoms with Crippen molar-refractivity contribution in [2.24, 2.45) is 0 Å². The summed E-state index contributed by atoms with van der Waals surface area (Å²) in [5.41, 5.74) is 3.28. The molecule has 1 amide bonds. The van der Waals surface area contributed by atoms with Crippen molar-refractivity contribution in [1.82, 2.24) is 4.98 Å². The van der Waals surface area contributed by atoms with Crippen LogP contribution in [0.4, 0.5) is 5.69 Å². The van der Waals surface area contributed by atoms with Crippen molar-refractivity contribution in [3.63, 3.8) is 0 Å². The highest BCUT2D eigenvalue weighted by Gasteiger charge is 2.09. The van der Waals surface area contributed by atoms with Crippen molar-refractivity contribution in [2.75, 3.05) is 5.32 Å². The van der Waals surface area contributed by atoms with Crippen molar-refractivity contribution in [2.45, 2.75) is 5.88 Å². The van der Waals surface area contributed by atoms with Gasteiger partial charge in [-0.25, -0.2) is 0 Å². The molecule has 0 spiro atoms. The van der Waals surface area contributed by atoms with Crippen LogP contribution in [0.25, 0.3) is 0 Å². The highest BCUT2D eigenvalue weighted by atomic mass is 35.5. The Morgan fingerprint density at radius 1 is 1.44 bits per heavy atom. The SMILES string of the molecule is O=C(Nc1ccccc1CCl)c1cncs1. The number of para-hydroxylation sites is 1. The Morgan fingerprint density at radius 3 is 2.94 bits per heavy atom. The van der Waals surface area contributed by atoms with Crippen LogP contribution in [-0.4, -0.2) is 10.9 Å². The Morgan fingerprint density at radius 2 is 2.25 bits per heavy atom. The molecule has 1 heterocycles. The third-order valence-corrected chi connectivity index (χ3v) is 3.13. The highest BCUT2D eigenvalue weighted by molar-refractivity contribution is 7.11. The van der Waals surface area contributed by atoms with Gasteiger partial charge in [-0.15, -0.1) is 22.9 Å². The summed E-state index contributed by atoms with van der Waals surface area (Å²) in [6, 6.07) is 7.46. The van der Waals surface area contributed by atoms with E-state index in [0.717, 1.165) is 11.3 Å². The minimum atomic E-state index is -0.153. The van der Waals surface area contributed by atoms with E-state index in [1.54, 1.807) is 11.7 Å². The summed E-state index contributed by atoms with van der Waals surface area (Å²) in [7, 11) is 0. The lowest BCUT2D eigenvalue weighted by Gasteiger charge is -2.07. The molecular weight excluding hydrogens is 244 g/mol. The van der Waals surface area contributed by atoms with E-state index < -0.39 is 0 Å². The van der Waals surface area contributed by atoms with Crippen LogP contribution in [0.15, 0.2) is 36.0 Å². The summed E-state index contributed by atoms with van der Waals surface area (Å²) in [5, 5.41) is 2.81. The molecule has 82 valence electrons. The molecule has 1 aromatic carbocycles. The van der Waals surface area contributed by atoms with Crippen molar-refractivity contribution >= 4 is 34.5 Å². The Hall–Kier alpha value is -1.39. The van der Waals surface area contributed by atoms with E-state index in [4.69, 9.17) is 11.6 Å². The molecule has 0 bridgehead atoms. The van der Waals surface area contributed by atoms with Crippen LogP contribution in [0.1, 0.15) is 15.2 Å². The number of carbonyl (C=O) groups excluding carboxylic acids is 1. The van der Waals surface area contributed by atoms with E-state index >= 15 is 0 Å². The fraction of sp³-hybridized carbons (Fsp3) is 0.0909. The lowest BCUT2D eigenvalue weighted by Crippen LogP contribution is -2.11. The summed E-state index contributed by atoms with van der Waals surface area (Å²) in [4.78, 5) is 16.2. The molecular formula is C11H9ClN2OS. The van der Waals surface area contributed by atoms with Crippen LogP contribution >= 0.6 is 22.9 Å². The number of carbonyl (C=O) groups is 1. The molecule has 0 atom stereocenters. The standard InChI is InChI=1S/C11H9ClN2OS/c12-5-8-3-1-2-4-9(8)14-11(15)10-6-13-7-16-10/h1-4,6-7H,5H2,(H,14,15).